The molecule has 0 radical (unpaired) electrons. The first kappa shape index (κ1) is 22.6. The van der Waals surface area contributed by atoms with Gasteiger partial charge in [-0.25, -0.2) is 0 Å². The molecule has 2 aromatic rings. The highest BCUT2D eigenvalue weighted by molar-refractivity contribution is 14.1. The van der Waals surface area contributed by atoms with Crippen LogP contribution in [0.25, 0.3) is 0 Å². The van der Waals surface area contributed by atoms with E-state index >= 15 is 0 Å². The topological polar surface area (TPSA) is 23.6 Å². The van der Waals surface area contributed by atoms with Crippen LogP contribution in [0.15, 0.2) is 54.6 Å². The molecule has 1 aliphatic carbocycles. The normalized spacial score (nSPS) is 22.3. The lowest BCUT2D eigenvalue weighted by Gasteiger charge is -2.35. The zero-order valence-electron chi connectivity index (χ0n) is 17.2. The van der Waals surface area contributed by atoms with Crippen LogP contribution in [-0.2, 0) is 11.3 Å². The van der Waals surface area contributed by atoms with Crippen molar-refractivity contribution < 1.29 is 18.0 Å². The number of rotatable bonds is 6. The van der Waals surface area contributed by atoms with Crippen LogP contribution in [0.2, 0.25) is 0 Å². The molecular formula is C24H26F3IN2O. The van der Waals surface area contributed by atoms with E-state index in [1.54, 1.807) is 0 Å². The monoisotopic (exact) mass is 542 g/mol. The molecule has 1 saturated heterocycles. The highest BCUT2D eigenvalue weighted by atomic mass is 127. The molecule has 0 unspecified atom stereocenters. The van der Waals surface area contributed by atoms with Crippen LogP contribution in [-0.4, -0.2) is 47.6 Å². The Labute approximate surface area is 194 Å². The molecule has 0 N–H and O–H groups in total. The summed E-state index contributed by atoms with van der Waals surface area (Å²) in [7, 11) is 0. The van der Waals surface area contributed by atoms with Crippen molar-refractivity contribution in [1.82, 2.24) is 9.80 Å². The van der Waals surface area contributed by atoms with Gasteiger partial charge >= 0.3 is 12.1 Å². The van der Waals surface area contributed by atoms with Crippen molar-refractivity contribution >= 4 is 28.5 Å². The maximum absolute atomic E-state index is 13.3. The largest absolute Gasteiger partial charge is 0.471 e. The van der Waals surface area contributed by atoms with Gasteiger partial charge < -0.3 is 4.90 Å². The summed E-state index contributed by atoms with van der Waals surface area (Å²) < 4.78 is 41.1. The van der Waals surface area contributed by atoms with Gasteiger partial charge in [-0.2, -0.15) is 13.2 Å². The number of hydrogen-bond acceptors (Lipinski definition) is 2. The van der Waals surface area contributed by atoms with Crippen LogP contribution >= 0.6 is 22.6 Å². The number of piperidine rings is 1. The maximum Gasteiger partial charge on any atom is 0.471 e. The second-order valence-corrected chi connectivity index (χ2v) is 9.87. The molecule has 1 heterocycles. The predicted molar refractivity (Wildman–Crippen MR) is 123 cm³/mol. The third-order valence-electron chi connectivity index (χ3n) is 6.37. The van der Waals surface area contributed by atoms with E-state index in [0.29, 0.717) is 6.42 Å². The highest BCUT2D eigenvalue weighted by Gasteiger charge is 2.52. The quantitative estimate of drug-likeness (QED) is 0.454. The van der Waals surface area contributed by atoms with Crippen LogP contribution in [0, 0.1) is 9.49 Å². The van der Waals surface area contributed by atoms with Gasteiger partial charge in [0, 0.05) is 28.6 Å². The van der Waals surface area contributed by atoms with E-state index in [-0.39, 0.29) is 24.4 Å². The molecule has 2 aromatic carbocycles. The van der Waals surface area contributed by atoms with Crippen LogP contribution in [0.4, 0.5) is 13.2 Å². The Hall–Kier alpha value is -1.61. The van der Waals surface area contributed by atoms with Crippen LogP contribution in [0.1, 0.15) is 36.3 Å². The van der Waals surface area contributed by atoms with Crippen LogP contribution in [0.5, 0.6) is 0 Å². The lowest BCUT2D eigenvalue weighted by Crippen LogP contribution is -2.47. The van der Waals surface area contributed by atoms with Crippen molar-refractivity contribution in [3.63, 3.8) is 0 Å². The van der Waals surface area contributed by atoms with Crippen LogP contribution < -0.4 is 0 Å². The van der Waals surface area contributed by atoms with Gasteiger partial charge in [0.1, 0.15) is 0 Å². The zero-order valence-corrected chi connectivity index (χ0v) is 19.3. The van der Waals surface area contributed by atoms with E-state index < -0.39 is 12.1 Å². The second kappa shape index (κ2) is 9.48. The molecule has 1 aliphatic heterocycles. The van der Waals surface area contributed by atoms with Gasteiger partial charge in [0.2, 0.25) is 0 Å². The number of carbonyl (C=O) groups is 1. The van der Waals surface area contributed by atoms with E-state index in [2.05, 4.69) is 39.6 Å². The summed E-state index contributed by atoms with van der Waals surface area (Å²) in [6.07, 6.45) is -2.59. The minimum atomic E-state index is -4.83. The molecule has 2 aliphatic rings. The van der Waals surface area contributed by atoms with E-state index in [1.807, 2.05) is 42.5 Å². The van der Waals surface area contributed by atoms with Crippen LogP contribution in [0.3, 0.4) is 0 Å². The van der Waals surface area contributed by atoms with Crippen molar-refractivity contribution in [2.24, 2.45) is 5.92 Å². The lowest BCUT2D eigenvalue weighted by atomic mass is 9.95. The van der Waals surface area contributed by atoms with Crippen molar-refractivity contribution in [1.29, 1.82) is 0 Å². The molecule has 1 amide bonds. The Morgan fingerprint density at radius 3 is 2.29 bits per heavy atom. The fourth-order valence-electron chi connectivity index (χ4n) is 4.57. The molecule has 4 rings (SSSR count). The molecule has 166 valence electrons. The molecule has 2 atom stereocenters. The number of halogens is 4. The Balaban J connectivity index is 1.37. The average Bonchev–Trinajstić information content (AvgIpc) is 3.54. The minimum absolute atomic E-state index is 0.00136. The summed E-state index contributed by atoms with van der Waals surface area (Å²) in [5, 5.41) is 0. The first-order valence-electron chi connectivity index (χ1n) is 10.7. The van der Waals surface area contributed by atoms with E-state index in [4.69, 9.17) is 0 Å². The van der Waals surface area contributed by atoms with Gasteiger partial charge in [0.25, 0.3) is 0 Å². The molecule has 31 heavy (non-hydrogen) atoms. The fourth-order valence-corrected chi connectivity index (χ4v) is 4.93. The average molecular weight is 542 g/mol. The molecule has 2 fully saturated rings. The van der Waals surface area contributed by atoms with Crippen molar-refractivity contribution in [2.45, 2.75) is 43.9 Å². The van der Waals surface area contributed by atoms with Gasteiger partial charge in [-0.3, -0.25) is 9.69 Å². The van der Waals surface area contributed by atoms with Crippen molar-refractivity contribution in [3.8, 4) is 0 Å². The number of amides is 1. The molecule has 0 spiro atoms. The second-order valence-electron chi connectivity index (χ2n) is 8.62. The van der Waals surface area contributed by atoms with E-state index in [1.165, 1.54) is 5.56 Å². The Morgan fingerprint density at radius 2 is 1.68 bits per heavy atom. The SMILES string of the molecule is O=C(N(CC1CCN(Cc2ccccc2)CC1)[C@H]1C[C@@H]1c1ccc(I)cc1)C(F)(F)F. The van der Waals surface area contributed by atoms with Gasteiger partial charge in [-0.05, 0) is 84.1 Å². The summed E-state index contributed by atoms with van der Waals surface area (Å²) in [6.45, 7) is 2.75. The fraction of sp³-hybridized carbons (Fsp3) is 0.458. The molecular weight excluding hydrogens is 516 g/mol. The molecule has 7 heteroatoms. The van der Waals surface area contributed by atoms with Gasteiger partial charge in [0.15, 0.2) is 0 Å². The lowest BCUT2D eigenvalue weighted by molar-refractivity contribution is -0.187. The molecule has 3 nitrogen and oxygen atoms in total. The third kappa shape index (κ3) is 5.80. The van der Waals surface area contributed by atoms with E-state index in [9.17, 15) is 18.0 Å². The first-order chi connectivity index (χ1) is 14.8. The minimum Gasteiger partial charge on any atom is -0.331 e. The molecule has 0 aromatic heterocycles. The van der Waals surface area contributed by atoms with Gasteiger partial charge in [-0.1, -0.05) is 42.5 Å². The number of hydrogen-bond donors (Lipinski definition) is 0. The Bertz CT molecular complexity index is 880. The highest BCUT2D eigenvalue weighted by Crippen LogP contribution is 2.46. The summed E-state index contributed by atoms with van der Waals surface area (Å²) in [6, 6.07) is 17.7. The Morgan fingerprint density at radius 1 is 1.03 bits per heavy atom. The number of likely N-dealkylation sites (tertiary alicyclic amines) is 1. The predicted octanol–water partition coefficient (Wildman–Crippen LogP) is 5.45. The molecule has 1 saturated carbocycles. The number of alkyl halides is 3. The zero-order chi connectivity index (χ0) is 22.0. The standard InChI is InChI=1S/C24H26F3IN2O/c25-24(26,27)23(31)30(22-14-21(22)19-6-8-20(28)9-7-19)16-18-10-12-29(13-11-18)15-17-4-2-1-3-5-17/h1-9,18,21-22H,10-16H2/t21-,22+/m1/s1. The van der Waals surface area contributed by atoms with Crippen molar-refractivity contribution in [2.75, 3.05) is 19.6 Å². The summed E-state index contributed by atoms with van der Waals surface area (Å²) in [4.78, 5) is 15.7. The van der Waals surface area contributed by atoms with E-state index in [0.717, 1.165) is 46.5 Å². The maximum atomic E-state index is 13.3. The smallest absolute Gasteiger partial charge is 0.331 e. The first-order valence-corrected chi connectivity index (χ1v) is 11.8. The number of carbonyl (C=O) groups excluding carboxylic acids is 1. The number of benzene rings is 2. The van der Waals surface area contributed by atoms with Gasteiger partial charge in [0.05, 0.1) is 0 Å². The summed E-state index contributed by atoms with van der Waals surface area (Å²) >= 11 is 2.21. The number of nitrogens with zero attached hydrogens (tertiary/aromatic N) is 2. The van der Waals surface area contributed by atoms with Gasteiger partial charge in [-0.15, -0.1) is 0 Å². The Kier molecular flexibility index (Phi) is 6.91. The third-order valence-corrected chi connectivity index (χ3v) is 7.09. The summed E-state index contributed by atoms with van der Waals surface area (Å²) in [5.41, 5.74) is 2.26. The summed E-state index contributed by atoms with van der Waals surface area (Å²) in [5.74, 6) is -1.57. The molecule has 0 bridgehead atoms. The van der Waals surface area contributed by atoms with Crippen molar-refractivity contribution in [3.05, 3.63) is 69.3 Å².